The fourth-order valence-electron chi connectivity index (χ4n) is 3.45. The minimum absolute atomic E-state index is 0.208. The van der Waals surface area contributed by atoms with Gasteiger partial charge in [-0.05, 0) is 24.9 Å². The number of aliphatic hydroxyl groups is 1. The Bertz CT molecular complexity index is 420. The molecule has 0 bridgehead atoms. The smallest absolute Gasteiger partial charge is 0.0834 e. The van der Waals surface area contributed by atoms with Crippen molar-refractivity contribution in [3.05, 3.63) is 35.9 Å². The van der Waals surface area contributed by atoms with Crippen molar-refractivity contribution in [2.24, 2.45) is 0 Å². The Morgan fingerprint density at radius 3 is 2.62 bits per heavy atom. The number of hydrogen-bond donors (Lipinski definition) is 1. The standard InChI is InChI=1S/C17H26N2O2/c20-17-14-18(8-4-7-15-5-2-1-3-6-15)13-16(17)19-9-11-21-12-10-19/h1-3,5-6,16-17,20H,4,7-14H2/t16-,17-/m0/s1. The van der Waals surface area contributed by atoms with Gasteiger partial charge in [0.1, 0.15) is 0 Å². The third-order valence-electron chi connectivity index (χ3n) is 4.63. The Balaban J connectivity index is 1.43. The number of ether oxygens (including phenoxy) is 1. The highest BCUT2D eigenvalue weighted by Gasteiger charge is 2.35. The largest absolute Gasteiger partial charge is 0.390 e. The Morgan fingerprint density at radius 2 is 1.86 bits per heavy atom. The van der Waals surface area contributed by atoms with E-state index in [1.807, 2.05) is 0 Å². The predicted molar refractivity (Wildman–Crippen MR) is 83.4 cm³/mol. The van der Waals surface area contributed by atoms with E-state index in [-0.39, 0.29) is 6.10 Å². The first-order chi connectivity index (χ1) is 10.3. The third-order valence-corrected chi connectivity index (χ3v) is 4.63. The highest BCUT2D eigenvalue weighted by molar-refractivity contribution is 5.14. The SMILES string of the molecule is O[C@H]1CN(CCCc2ccccc2)C[C@@H]1N1CCOCC1. The van der Waals surface area contributed by atoms with Crippen LogP contribution in [0.5, 0.6) is 0 Å². The fraction of sp³-hybridized carbons (Fsp3) is 0.647. The summed E-state index contributed by atoms with van der Waals surface area (Å²) in [6, 6.07) is 10.9. The van der Waals surface area contributed by atoms with E-state index < -0.39 is 0 Å². The highest BCUT2D eigenvalue weighted by atomic mass is 16.5. The van der Waals surface area contributed by atoms with E-state index in [1.54, 1.807) is 0 Å². The molecule has 4 heteroatoms. The van der Waals surface area contributed by atoms with Gasteiger partial charge in [-0.1, -0.05) is 30.3 Å². The minimum Gasteiger partial charge on any atom is -0.390 e. The lowest BCUT2D eigenvalue weighted by molar-refractivity contribution is -0.00616. The van der Waals surface area contributed by atoms with Crippen molar-refractivity contribution < 1.29 is 9.84 Å². The fourth-order valence-corrected chi connectivity index (χ4v) is 3.45. The summed E-state index contributed by atoms with van der Waals surface area (Å²) in [6.07, 6.45) is 2.07. The van der Waals surface area contributed by atoms with Crippen molar-refractivity contribution >= 4 is 0 Å². The monoisotopic (exact) mass is 290 g/mol. The molecule has 2 atom stereocenters. The quantitative estimate of drug-likeness (QED) is 0.877. The topological polar surface area (TPSA) is 35.9 Å². The molecule has 0 aromatic heterocycles. The first-order valence-electron chi connectivity index (χ1n) is 8.09. The summed E-state index contributed by atoms with van der Waals surface area (Å²) in [5, 5.41) is 10.3. The van der Waals surface area contributed by atoms with Crippen LogP contribution in [0.15, 0.2) is 30.3 Å². The van der Waals surface area contributed by atoms with E-state index in [9.17, 15) is 5.11 Å². The molecular formula is C17H26N2O2. The molecule has 2 aliphatic heterocycles. The van der Waals surface area contributed by atoms with Gasteiger partial charge < -0.3 is 9.84 Å². The number of hydrogen-bond acceptors (Lipinski definition) is 4. The van der Waals surface area contributed by atoms with E-state index in [0.29, 0.717) is 6.04 Å². The Hall–Kier alpha value is -0.940. The van der Waals surface area contributed by atoms with E-state index >= 15 is 0 Å². The molecule has 1 N–H and O–H groups in total. The maximum Gasteiger partial charge on any atom is 0.0834 e. The van der Waals surface area contributed by atoms with Crippen LogP contribution < -0.4 is 0 Å². The van der Waals surface area contributed by atoms with Gasteiger partial charge in [0.15, 0.2) is 0 Å². The number of benzene rings is 1. The maximum atomic E-state index is 10.3. The molecule has 21 heavy (non-hydrogen) atoms. The molecule has 3 rings (SSSR count). The number of aliphatic hydroxyl groups excluding tert-OH is 1. The number of nitrogens with zero attached hydrogens (tertiary/aromatic N) is 2. The van der Waals surface area contributed by atoms with Gasteiger partial charge in [-0.2, -0.15) is 0 Å². The van der Waals surface area contributed by atoms with E-state index in [1.165, 1.54) is 5.56 Å². The van der Waals surface area contributed by atoms with Gasteiger partial charge in [-0.15, -0.1) is 0 Å². The molecule has 0 aliphatic carbocycles. The van der Waals surface area contributed by atoms with E-state index in [4.69, 9.17) is 4.74 Å². The molecule has 116 valence electrons. The zero-order valence-electron chi connectivity index (χ0n) is 12.7. The lowest BCUT2D eigenvalue weighted by atomic mass is 10.1. The summed E-state index contributed by atoms with van der Waals surface area (Å²) in [6.45, 7) is 6.41. The third kappa shape index (κ3) is 4.04. The van der Waals surface area contributed by atoms with Crippen LogP contribution >= 0.6 is 0 Å². The zero-order chi connectivity index (χ0) is 14.5. The summed E-state index contributed by atoms with van der Waals surface area (Å²) >= 11 is 0. The second kappa shape index (κ2) is 7.36. The first-order valence-corrected chi connectivity index (χ1v) is 8.09. The average Bonchev–Trinajstić information content (AvgIpc) is 2.90. The molecule has 0 saturated carbocycles. The second-order valence-corrected chi connectivity index (χ2v) is 6.13. The minimum atomic E-state index is -0.208. The number of morpholine rings is 1. The summed E-state index contributed by atoms with van der Waals surface area (Å²) in [7, 11) is 0. The van der Waals surface area contributed by atoms with Crippen LogP contribution in [-0.2, 0) is 11.2 Å². The molecule has 0 spiro atoms. The summed E-state index contributed by atoms with van der Waals surface area (Å²) in [5.41, 5.74) is 1.40. The Kier molecular flexibility index (Phi) is 5.25. The van der Waals surface area contributed by atoms with E-state index in [2.05, 4.69) is 40.1 Å². The van der Waals surface area contributed by atoms with Gasteiger partial charge in [0, 0.05) is 32.2 Å². The summed E-state index contributed by atoms with van der Waals surface area (Å²) in [4.78, 5) is 4.80. The first kappa shape index (κ1) is 15.0. The molecule has 1 aromatic carbocycles. The van der Waals surface area contributed by atoms with Crippen LogP contribution in [0, 0.1) is 0 Å². The number of likely N-dealkylation sites (tertiary alicyclic amines) is 1. The summed E-state index contributed by atoms with van der Waals surface area (Å²) in [5.74, 6) is 0. The molecular weight excluding hydrogens is 264 g/mol. The lowest BCUT2D eigenvalue weighted by Gasteiger charge is -2.33. The van der Waals surface area contributed by atoms with Crippen molar-refractivity contribution in [3.63, 3.8) is 0 Å². The Labute approximate surface area is 127 Å². The number of rotatable bonds is 5. The van der Waals surface area contributed by atoms with Gasteiger partial charge in [-0.25, -0.2) is 0 Å². The van der Waals surface area contributed by atoms with Gasteiger partial charge >= 0.3 is 0 Å². The Morgan fingerprint density at radius 1 is 1.10 bits per heavy atom. The van der Waals surface area contributed by atoms with Crippen molar-refractivity contribution in [1.29, 1.82) is 0 Å². The van der Waals surface area contributed by atoms with Crippen LogP contribution in [0.2, 0.25) is 0 Å². The van der Waals surface area contributed by atoms with Gasteiger partial charge in [0.05, 0.1) is 19.3 Å². The van der Waals surface area contributed by atoms with Crippen LogP contribution in [-0.4, -0.2) is 73.0 Å². The highest BCUT2D eigenvalue weighted by Crippen LogP contribution is 2.18. The molecule has 2 saturated heterocycles. The molecule has 0 radical (unpaired) electrons. The lowest BCUT2D eigenvalue weighted by Crippen LogP contribution is -2.48. The van der Waals surface area contributed by atoms with Crippen molar-refractivity contribution in [1.82, 2.24) is 9.80 Å². The van der Waals surface area contributed by atoms with Crippen molar-refractivity contribution in [2.45, 2.75) is 25.0 Å². The molecule has 4 nitrogen and oxygen atoms in total. The van der Waals surface area contributed by atoms with Crippen LogP contribution in [0.3, 0.4) is 0 Å². The molecule has 1 aromatic rings. The second-order valence-electron chi connectivity index (χ2n) is 6.13. The molecule has 0 unspecified atom stereocenters. The van der Waals surface area contributed by atoms with Crippen LogP contribution in [0.25, 0.3) is 0 Å². The molecule has 2 heterocycles. The molecule has 2 aliphatic rings. The van der Waals surface area contributed by atoms with Crippen molar-refractivity contribution in [2.75, 3.05) is 45.9 Å². The number of β-amino-alcohol motifs (C(OH)–C–C–N with tert-alkyl or cyclic N) is 1. The molecule has 0 amide bonds. The predicted octanol–water partition coefficient (Wildman–Crippen LogP) is 0.996. The number of aryl methyl sites for hydroxylation is 1. The van der Waals surface area contributed by atoms with Crippen LogP contribution in [0.1, 0.15) is 12.0 Å². The van der Waals surface area contributed by atoms with Gasteiger partial charge in [0.25, 0.3) is 0 Å². The van der Waals surface area contributed by atoms with Gasteiger partial charge in [-0.3, -0.25) is 9.80 Å². The normalized spacial score (nSPS) is 28.0. The average molecular weight is 290 g/mol. The van der Waals surface area contributed by atoms with Crippen LogP contribution in [0.4, 0.5) is 0 Å². The van der Waals surface area contributed by atoms with Gasteiger partial charge in [0.2, 0.25) is 0 Å². The molecule has 2 fully saturated rings. The maximum absolute atomic E-state index is 10.3. The zero-order valence-corrected chi connectivity index (χ0v) is 12.7. The summed E-state index contributed by atoms with van der Waals surface area (Å²) < 4.78 is 5.40. The van der Waals surface area contributed by atoms with E-state index in [0.717, 1.165) is 58.8 Å². The van der Waals surface area contributed by atoms with Crippen molar-refractivity contribution in [3.8, 4) is 0 Å².